The van der Waals surface area contributed by atoms with Crippen molar-refractivity contribution in [3.05, 3.63) is 63.7 Å². The number of nitriles is 1. The van der Waals surface area contributed by atoms with Gasteiger partial charge in [-0.05, 0) is 97.9 Å². The van der Waals surface area contributed by atoms with E-state index in [0.29, 0.717) is 5.92 Å². The van der Waals surface area contributed by atoms with Crippen LogP contribution >= 0.6 is 0 Å². The van der Waals surface area contributed by atoms with E-state index in [0.717, 1.165) is 62.2 Å². The highest BCUT2D eigenvalue weighted by Crippen LogP contribution is 2.36. The standard InChI is InChI=1S/C28H32F3N3O2/c1-2-33(16-19-6-5-7-19)26-11-10-22-8-3-4-9-24(22)25(26)18-34(27(35)36)17-21-12-20(15-32)13-23(14-21)28(29,30)31/h10-14,19H,2-9,16-18H2,1H3,(H,35,36). The van der Waals surface area contributed by atoms with Crippen molar-refractivity contribution in [3.63, 3.8) is 0 Å². The predicted molar refractivity (Wildman–Crippen MR) is 132 cm³/mol. The van der Waals surface area contributed by atoms with Crippen LogP contribution in [0.1, 0.15) is 72.4 Å². The Morgan fingerprint density at radius 3 is 2.47 bits per heavy atom. The highest BCUT2D eigenvalue weighted by molar-refractivity contribution is 5.67. The molecule has 192 valence electrons. The molecule has 2 aromatic rings. The van der Waals surface area contributed by atoms with E-state index in [1.807, 2.05) is 0 Å². The summed E-state index contributed by atoms with van der Waals surface area (Å²) in [6, 6.07) is 9.08. The summed E-state index contributed by atoms with van der Waals surface area (Å²) in [6.45, 7) is 3.69. The summed E-state index contributed by atoms with van der Waals surface area (Å²) in [6.07, 6.45) is 1.77. The average Bonchev–Trinajstić information content (AvgIpc) is 2.82. The van der Waals surface area contributed by atoms with Crippen LogP contribution in [-0.4, -0.2) is 29.2 Å². The first-order valence-corrected chi connectivity index (χ1v) is 12.7. The van der Waals surface area contributed by atoms with Crippen LogP contribution in [0.2, 0.25) is 0 Å². The van der Waals surface area contributed by atoms with Crippen LogP contribution in [0.5, 0.6) is 0 Å². The quantitative estimate of drug-likeness (QED) is 0.436. The van der Waals surface area contributed by atoms with Crippen molar-refractivity contribution in [2.24, 2.45) is 5.92 Å². The molecule has 2 aliphatic rings. The Morgan fingerprint density at radius 2 is 1.86 bits per heavy atom. The average molecular weight is 500 g/mol. The molecule has 0 saturated heterocycles. The molecular formula is C28H32F3N3O2. The summed E-state index contributed by atoms with van der Waals surface area (Å²) < 4.78 is 40.2. The summed E-state index contributed by atoms with van der Waals surface area (Å²) in [5, 5.41) is 19.3. The molecule has 0 bridgehead atoms. The highest BCUT2D eigenvalue weighted by Gasteiger charge is 2.32. The predicted octanol–water partition coefficient (Wildman–Crippen LogP) is 6.76. The molecule has 8 heteroatoms. The molecule has 0 radical (unpaired) electrons. The summed E-state index contributed by atoms with van der Waals surface area (Å²) in [5.74, 6) is 0.638. The molecule has 1 fully saturated rings. The number of alkyl halides is 3. The van der Waals surface area contributed by atoms with Gasteiger partial charge in [-0.2, -0.15) is 18.4 Å². The van der Waals surface area contributed by atoms with Gasteiger partial charge in [0.15, 0.2) is 0 Å². The number of benzene rings is 2. The maximum absolute atomic E-state index is 13.4. The summed E-state index contributed by atoms with van der Waals surface area (Å²) in [7, 11) is 0. The van der Waals surface area contributed by atoms with Crippen LogP contribution in [-0.2, 0) is 32.1 Å². The molecule has 0 heterocycles. The monoisotopic (exact) mass is 499 g/mol. The lowest BCUT2D eigenvalue weighted by molar-refractivity contribution is -0.137. The molecule has 0 atom stereocenters. The maximum atomic E-state index is 13.4. The van der Waals surface area contributed by atoms with Crippen molar-refractivity contribution in [1.82, 2.24) is 4.90 Å². The number of hydrogen-bond donors (Lipinski definition) is 1. The van der Waals surface area contributed by atoms with Crippen molar-refractivity contribution >= 4 is 11.8 Å². The number of hydrogen-bond acceptors (Lipinski definition) is 3. The fraction of sp³-hybridized carbons (Fsp3) is 0.500. The van der Waals surface area contributed by atoms with Crippen molar-refractivity contribution in [1.29, 1.82) is 5.26 Å². The molecule has 4 rings (SSSR count). The maximum Gasteiger partial charge on any atom is 0.416 e. The minimum atomic E-state index is -4.62. The Kier molecular flexibility index (Phi) is 7.77. The van der Waals surface area contributed by atoms with E-state index >= 15 is 0 Å². The van der Waals surface area contributed by atoms with E-state index in [9.17, 15) is 28.3 Å². The largest absolute Gasteiger partial charge is 0.465 e. The van der Waals surface area contributed by atoms with Crippen molar-refractivity contribution in [2.75, 3.05) is 18.0 Å². The van der Waals surface area contributed by atoms with Crippen LogP contribution in [0, 0.1) is 17.2 Å². The Balaban J connectivity index is 1.70. The number of carbonyl (C=O) groups is 1. The molecule has 2 aromatic carbocycles. The van der Waals surface area contributed by atoms with E-state index in [1.54, 1.807) is 6.07 Å². The topological polar surface area (TPSA) is 67.6 Å². The second-order valence-electron chi connectivity index (χ2n) is 9.91. The van der Waals surface area contributed by atoms with Crippen molar-refractivity contribution < 1.29 is 23.1 Å². The number of halogens is 3. The lowest BCUT2D eigenvalue weighted by Gasteiger charge is -2.36. The van der Waals surface area contributed by atoms with Crippen LogP contribution in [0.25, 0.3) is 0 Å². The van der Waals surface area contributed by atoms with Crippen molar-refractivity contribution in [2.45, 2.75) is 71.1 Å². The van der Waals surface area contributed by atoms with Crippen molar-refractivity contribution in [3.8, 4) is 6.07 Å². The summed E-state index contributed by atoms with van der Waals surface area (Å²) in [5.41, 5.74) is 3.46. The third-order valence-corrected chi connectivity index (χ3v) is 7.49. The van der Waals surface area contributed by atoms with Crippen LogP contribution < -0.4 is 4.90 Å². The Labute approximate surface area is 210 Å². The van der Waals surface area contributed by atoms with Crippen LogP contribution in [0.15, 0.2) is 30.3 Å². The first kappa shape index (κ1) is 25.9. The Hall–Kier alpha value is -3.21. The van der Waals surface area contributed by atoms with Gasteiger partial charge in [-0.1, -0.05) is 12.5 Å². The third-order valence-electron chi connectivity index (χ3n) is 7.49. The molecule has 5 nitrogen and oxygen atoms in total. The molecule has 1 saturated carbocycles. The number of nitrogens with zero attached hydrogens (tertiary/aromatic N) is 3. The number of aryl methyl sites for hydroxylation is 1. The first-order valence-electron chi connectivity index (χ1n) is 12.7. The lowest BCUT2D eigenvalue weighted by Crippen LogP contribution is -2.35. The highest BCUT2D eigenvalue weighted by atomic mass is 19.4. The zero-order chi connectivity index (χ0) is 25.9. The molecule has 0 spiro atoms. The summed E-state index contributed by atoms with van der Waals surface area (Å²) in [4.78, 5) is 15.8. The molecular weight excluding hydrogens is 467 g/mol. The van der Waals surface area contributed by atoms with E-state index < -0.39 is 17.8 Å². The van der Waals surface area contributed by atoms with Gasteiger partial charge in [0.05, 0.1) is 23.7 Å². The second kappa shape index (κ2) is 10.8. The summed E-state index contributed by atoms with van der Waals surface area (Å²) >= 11 is 0. The zero-order valence-electron chi connectivity index (χ0n) is 20.6. The van der Waals surface area contributed by atoms with Gasteiger partial charge in [0, 0.05) is 25.3 Å². The van der Waals surface area contributed by atoms with Gasteiger partial charge < -0.3 is 10.0 Å². The SMILES string of the molecule is CCN(CC1CCC1)c1ccc2c(c1CN(Cc1cc(C#N)cc(C(F)(F)F)c1)C(=O)O)CCCC2. The number of fused-ring (bicyclic) bond motifs is 1. The zero-order valence-corrected chi connectivity index (χ0v) is 20.6. The smallest absolute Gasteiger partial charge is 0.416 e. The van der Waals surface area contributed by atoms with Gasteiger partial charge in [0.1, 0.15) is 0 Å². The van der Waals surface area contributed by atoms with Crippen LogP contribution in [0.3, 0.4) is 0 Å². The molecule has 36 heavy (non-hydrogen) atoms. The van der Waals surface area contributed by atoms with Gasteiger partial charge in [-0.25, -0.2) is 4.79 Å². The molecule has 0 unspecified atom stereocenters. The minimum Gasteiger partial charge on any atom is -0.465 e. The third kappa shape index (κ3) is 5.77. The van der Waals surface area contributed by atoms with E-state index in [-0.39, 0.29) is 24.2 Å². The van der Waals surface area contributed by atoms with Gasteiger partial charge >= 0.3 is 12.3 Å². The number of rotatable bonds is 8. The lowest BCUT2D eigenvalue weighted by atomic mass is 9.84. The molecule has 0 aliphatic heterocycles. The number of amides is 1. The van der Waals surface area contributed by atoms with Gasteiger partial charge in [0.25, 0.3) is 0 Å². The first-order chi connectivity index (χ1) is 17.2. The van der Waals surface area contributed by atoms with Gasteiger partial charge in [-0.3, -0.25) is 4.90 Å². The van der Waals surface area contributed by atoms with Gasteiger partial charge in [-0.15, -0.1) is 0 Å². The number of anilines is 1. The molecule has 1 amide bonds. The van der Waals surface area contributed by atoms with E-state index in [2.05, 4.69) is 24.0 Å². The van der Waals surface area contributed by atoms with Gasteiger partial charge in [0.2, 0.25) is 0 Å². The second-order valence-corrected chi connectivity index (χ2v) is 9.91. The molecule has 0 aromatic heterocycles. The Bertz CT molecular complexity index is 1150. The molecule has 2 aliphatic carbocycles. The van der Waals surface area contributed by atoms with Crippen LogP contribution in [0.4, 0.5) is 23.7 Å². The fourth-order valence-electron chi connectivity index (χ4n) is 5.36. The normalized spacial score (nSPS) is 15.5. The molecule has 1 N–H and O–H groups in total. The van der Waals surface area contributed by atoms with E-state index in [1.165, 1.54) is 41.4 Å². The fourth-order valence-corrected chi connectivity index (χ4v) is 5.36. The Morgan fingerprint density at radius 1 is 1.11 bits per heavy atom. The number of carboxylic acid groups (broad SMARTS) is 1. The van der Waals surface area contributed by atoms with E-state index in [4.69, 9.17) is 0 Å². The minimum absolute atomic E-state index is 0.0904.